The van der Waals surface area contributed by atoms with Gasteiger partial charge in [0.15, 0.2) is 15.6 Å². The van der Waals surface area contributed by atoms with Gasteiger partial charge in [-0.1, -0.05) is 35.1 Å². The number of alkyl halides is 3. The molecule has 2 aromatic carbocycles. The molecule has 12 heteroatoms. The molecule has 0 aliphatic heterocycles. The molecule has 7 nitrogen and oxygen atoms in total. The number of anilines is 1. The number of halogens is 4. The van der Waals surface area contributed by atoms with Gasteiger partial charge in [-0.25, -0.2) is 9.97 Å². The lowest BCUT2D eigenvalue weighted by Gasteiger charge is -2.16. The summed E-state index contributed by atoms with van der Waals surface area (Å²) in [4.78, 5) is 30.9. The average Bonchev–Trinajstić information content (AvgIpc) is 3.29. The number of fused-ring (bicyclic) bond motifs is 1. The predicted molar refractivity (Wildman–Crippen MR) is 138 cm³/mol. The number of benzene rings is 2. The molecule has 3 aromatic heterocycles. The lowest BCUT2D eigenvalue weighted by atomic mass is 9.95. The molecule has 3 heterocycles. The highest BCUT2D eigenvalue weighted by Crippen LogP contribution is 2.40. The van der Waals surface area contributed by atoms with E-state index in [9.17, 15) is 18.0 Å². The topological polar surface area (TPSA) is 104 Å². The highest BCUT2D eigenvalue weighted by atomic mass is 35.5. The minimum absolute atomic E-state index is 0.0327. The van der Waals surface area contributed by atoms with Crippen LogP contribution in [-0.4, -0.2) is 25.8 Å². The molecule has 5 rings (SSSR count). The molecule has 0 unspecified atom stereocenters. The van der Waals surface area contributed by atoms with Crippen molar-refractivity contribution in [1.29, 1.82) is 5.26 Å². The lowest BCUT2D eigenvalue weighted by molar-refractivity contribution is -0.137. The molecular formula is C26H14ClF3N6OS. The zero-order valence-corrected chi connectivity index (χ0v) is 20.9. The molecule has 0 aliphatic carbocycles. The monoisotopic (exact) mass is 550 g/mol. The highest BCUT2D eigenvalue weighted by molar-refractivity contribution is 7.21. The van der Waals surface area contributed by atoms with Gasteiger partial charge in [-0.3, -0.25) is 15.1 Å². The third-order valence-corrected chi connectivity index (χ3v) is 6.60. The third kappa shape index (κ3) is 5.04. The molecule has 0 spiro atoms. The van der Waals surface area contributed by atoms with Crippen LogP contribution in [0, 0.1) is 18.3 Å². The summed E-state index contributed by atoms with van der Waals surface area (Å²) in [7, 11) is 0. The van der Waals surface area contributed by atoms with Crippen molar-refractivity contribution in [2.24, 2.45) is 0 Å². The number of nitrogens with one attached hydrogen (secondary N) is 1. The van der Waals surface area contributed by atoms with Crippen molar-refractivity contribution in [3.05, 3.63) is 88.3 Å². The third-order valence-electron chi connectivity index (χ3n) is 5.52. The first-order valence-electron chi connectivity index (χ1n) is 10.9. The number of nitrogens with zero attached hydrogens (tertiary/aromatic N) is 5. The summed E-state index contributed by atoms with van der Waals surface area (Å²) in [5, 5.41) is 11.9. The van der Waals surface area contributed by atoms with Crippen LogP contribution in [-0.2, 0) is 6.18 Å². The molecule has 0 saturated heterocycles. The molecule has 0 atom stereocenters. The summed E-state index contributed by atoms with van der Waals surface area (Å²) in [5.41, 5.74) is 1.31. The van der Waals surface area contributed by atoms with E-state index in [1.54, 1.807) is 31.2 Å². The number of pyridine rings is 1. The van der Waals surface area contributed by atoms with Crippen molar-refractivity contribution in [1.82, 2.24) is 19.9 Å². The fraction of sp³-hybridized carbons (Fsp3) is 0.0769. The first-order chi connectivity index (χ1) is 18.1. The van der Waals surface area contributed by atoms with Crippen LogP contribution in [0.1, 0.15) is 27.2 Å². The molecular weight excluding hydrogens is 537 g/mol. The predicted octanol–water partition coefficient (Wildman–Crippen LogP) is 6.92. The number of carbonyl (C=O) groups is 1. The van der Waals surface area contributed by atoms with Gasteiger partial charge in [0.1, 0.15) is 0 Å². The van der Waals surface area contributed by atoms with Crippen molar-refractivity contribution in [2.75, 3.05) is 5.32 Å². The summed E-state index contributed by atoms with van der Waals surface area (Å²) in [6, 6.07) is 13.5. The van der Waals surface area contributed by atoms with Crippen molar-refractivity contribution in [3.63, 3.8) is 0 Å². The van der Waals surface area contributed by atoms with E-state index >= 15 is 0 Å². The number of hydrogen-bond acceptors (Lipinski definition) is 7. The van der Waals surface area contributed by atoms with E-state index in [0.29, 0.717) is 27.4 Å². The van der Waals surface area contributed by atoms with Crippen LogP contribution in [0.15, 0.2) is 60.9 Å². The molecule has 0 saturated carbocycles. The normalized spacial score (nSPS) is 11.4. The Morgan fingerprint density at radius 1 is 1.03 bits per heavy atom. The van der Waals surface area contributed by atoms with Crippen LogP contribution in [0.3, 0.4) is 0 Å². The van der Waals surface area contributed by atoms with E-state index in [1.165, 1.54) is 24.5 Å². The number of rotatable bonds is 4. The Morgan fingerprint density at radius 2 is 1.79 bits per heavy atom. The maximum absolute atomic E-state index is 13.8. The first-order valence-corrected chi connectivity index (χ1v) is 12.1. The van der Waals surface area contributed by atoms with E-state index in [-0.39, 0.29) is 26.8 Å². The van der Waals surface area contributed by atoms with Crippen molar-refractivity contribution in [2.45, 2.75) is 13.1 Å². The maximum Gasteiger partial charge on any atom is 0.417 e. The summed E-state index contributed by atoms with van der Waals surface area (Å²) >= 11 is 7.08. The van der Waals surface area contributed by atoms with Gasteiger partial charge in [0.2, 0.25) is 0 Å². The number of aryl methyl sites for hydroxylation is 1. The van der Waals surface area contributed by atoms with E-state index in [0.717, 1.165) is 29.0 Å². The molecule has 38 heavy (non-hydrogen) atoms. The van der Waals surface area contributed by atoms with Crippen LogP contribution in [0.4, 0.5) is 18.3 Å². The number of thiazole rings is 1. The van der Waals surface area contributed by atoms with Gasteiger partial charge in [-0.2, -0.15) is 23.4 Å². The second-order valence-corrected chi connectivity index (χ2v) is 9.52. The van der Waals surface area contributed by atoms with Crippen molar-refractivity contribution in [3.8, 4) is 28.5 Å². The van der Waals surface area contributed by atoms with Gasteiger partial charge in [0.25, 0.3) is 5.91 Å². The van der Waals surface area contributed by atoms with Gasteiger partial charge in [-0.15, -0.1) is 0 Å². The maximum atomic E-state index is 13.8. The second kappa shape index (κ2) is 9.81. The van der Waals surface area contributed by atoms with E-state index in [4.69, 9.17) is 16.9 Å². The van der Waals surface area contributed by atoms with Gasteiger partial charge in [-0.05, 0) is 54.4 Å². The van der Waals surface area contributed by atoms with Gasteiger partial charge in [0, 0.05) is 22.5 Å². The van der Waals surface area contributed by atoms with Gasteiger partial charge < -0.3 is 0 Å². The summed E-state index contributed by atoms with van der Waals surface area (Å²) in [6.07, 6.45) is -1.93. The van der Waals surface area contributed by atoms with E-state index < -0.39 is 17.6 Å². The Balaban J connectivity index is 1.49. The van der Waals surface area contributed by atoms with E-state index in [1.807, 2.05) is 6.07 Å². The highest BCUT2D eigenvalue weighted by Gasteiger charge is 2.34. The van der Waals surface area contributed by atoms with Crippen LogP contribution in [0.25, 0.3) is 32.9 Å². The quantitative estimate of drug-likeness (QED) is 0.260. The van der Waals surface area contributed by atoms with Crippen molar-refractivity contribution >= 4 is 44.5 Å². The number of amides is 1. The van der Waals surface area contributed by atoms with Crippen LogP contribution < -0.4 is 5.32 Å². The zero-order valence-electron chi connectivity index (χ0n) is 19.3. The zero-order chi connectivity index (χ0) is 27.0. The molecule has 1 N–H and O–H groups in total. The Kier molecular flexibility index (Phi) is 6.52. The fourth-order valence-corrected chi connectivity index (χ4v) is 4.71. The number of hydrogen-bond donors (Lipinski definition) is 1. The number of aromatic nitrogens is 4. The van der Waals surface area contributed by atoms with Crippen LogP contribution in [0.2, 0.25) is 5.02 Å². The summed E-state index contributed by atoms with van der Waals surface area (Å²) in [5.74, 6) is -0.702. The van der Waals surface area contributed by atoms with Crippen LogP contribution >= 0.6 is 22.9 Å². The second-order valence-electron chi connectivity index (χ2n) is 8.11. The molecule has 1 amide bonds. The molecule has 0 radical (unpaired) electrons. The SMILES string of the molecule is Cc1cc(-c2cc(Cl)ccc2C(F)(F)F)c(C(=O)Nc2nc3ncc(-c4ccc(C#N)cc4)nc3s2)cn1. The Labute approximate surface area is 222 Å². The standard InChI is InChI=1S/C26H14ClF3N6OS/c1-13-8-17(18-9-16(27)6-7-20(18)26(28,29)30)19(11-32-13)23(37)36-25-35-22-24(38-25)34-21(12-33-22)15-4-2-14(10-31)3-5-15/h2-9,11-12H,1H3,(H,33,35,36,37). The smallest absolute Gasteiger partial charge is 0.298 e. The minimum atomic E-state index is -4.66. The Bertz CT molecular complexity index is 1750. The number of carbonyl (C=O) groups excluding carboxylic acids is 1. The minimum Gasteiger partial charge on any atom is -0.298 e. The molecule has 5 aromatic rings. The molecule has 0 bridgehead atoms. The molecule has 0 aliphatic rings. The Hall–Kier alpha value is -4.40. The van der Waals surface area contributed by atoms with Crippen molar-refractivity contribution < 1.29 is 18.0 Å². The number of nitriles is 1. The van der Waals surface area contributed by atoms with E-state index in [2.05, 4.69) is 25.3 Å². The van der Waals surface area contributed by atoms with Crippen LogP contribution in [0.5, 0.6) is 0 Å². The largest absolute Gasteiger partial charge is 0.417 e. The van der Waals surface area contributed by atoms with Gasteiger partial charge >= 0.3 is 6.18 Å². The fourth-order valence-electron chi connectivity index (χ4n) is 3.74. The Morgan fingerprint density at radius 3 is 2.50 bits per heavy atom. The average molecular weight is 551 g/mol. The molecule has 0 fully saturated rings. The lowest BCUT2D eigenvalue weighted by Crippen LogP contribution is -2.15. The van der Waals surface area contributed by atoms with Gasteiger partial charge in [0.05, 0.1) is 34.7 Å². The summed E-state index contributed by atoms with van der Waals surface area (Å²) < 4.78 is 41.3. The summed E-state index contributed by atoms with van der Waals surface area (Å²) in [6.45, 7) is 1.61. The molecule has 188 valence electrons. The first kappa shape index (κ1) is 25.3.